The number of halogens is 2. The SMILES string of the molecule is CC1CCNC2(CCCC2)CN1Cc1ccc(F)cc1Cl. The molecule has 116 valence electrons. The van der Waals surface area contributed by atoms with Crippen LogP contribution in [0.5, 0.6) is 0 Å². The standard InChI is InChI=1S/C17H24ClFN2/c1-13-6-9-20-17(7-2-3-8-17)12-21(13)11-14-4-5-15(19)10-16(14)18/h4-5,10,13,20H,2-3,6-9,11-12H2,1H3. The molecule has 0 amide bonds. The van der Waals surface area contributed by atoms with E-state index in [4.69, 9.17) is 11.6 Å². The van der Waals surface area contributed by atoms with Crippen molar-refractivity contribution in [1.82, 2.24) is 10.2 Å². The molecule has 0 bridgehead atoms. The molecule has 0 aromatic heterocycles. The van der Waals surface area contributed by atoms with Gasteiger partial charge < -0.3 is 5.32 Å². The molecule has 1 unspecified atom stereocenters. The molecule has 0 radical (unpaired) electrons. The van der Waals surface area contributed by atoms with E-state index >= 15 is 0 Å². The van der Waals surface area contributed by atoms with Gasteiger partial charge >= 0.3 is 0 Å². The molecule has 21 heavy (non-hydrogen) atoms. The molecule has 1 atom stereocenters. The molecular formula is C17H24ClFN2. The van der Waals surface area contributed by atoms with Crippen LogP contribution < -0.4 is 5.32 Å². The van der Waals surface area contributed by atoms with Crippen molar-refractivity contribution >= 4 is 11.6 Å². The summed E-state index contributed by atoms with van der Waals surface area (Å²) in [5.74, 6) is -0.262. The van der Waals surface area contributed by atoms with Gasteiger partial charge in [-0.2, -0.15) is 0 Å². The van der Waals surface area contributed by atoms with Crippen LogP contribution in [0.15, 0.2) is 18.2 Å². The van der Waals surface area contributed by atoms with Gasteiger partial charge in [0.05, 0.1) is 0 Å². The monoisotopic (exact) mass is 310 g/mol. The van der Waals surface area contributed by atoms with Crippen molar-refractivity contribution < 1.29 is 4.39 Å². The van der Waals surface area contributed by atoms with E-state index < -0.39 is 0 Å². The van der Waals surface area contributed by atoms with Crippen LogP contribution in [0.2, 0.25) is 5.02 Å². The summed E-state index contributed by atoms with van der Waals surface area (Å²) in [6, 6.07) is 5.28. The Bertz CT molecular complexity index is 500. The third-order valence-electron chi connectivity index (χ3n) is 5.14. The first-order chi connectivity index (χ1) is 10.1. The molecule has 1 aliphatic heterocycles. The number of rotatable bonds is 2. The predicted molar refractivity (Wildman–Crippen MR) is 85.1 cm³/mol. The summed E-state index contributed by atoms with van der Waals surface area (Å²) in [6.07, 6.45) is 6.35. The second kappa shape index (κ2) is 6.23. The van der Waals surface area contributed by atoms with Gasteiger partial charge in [0, 0.05) is 29.7 Å². The van der Waals surface area contributed by atoms with Crippen LogP contribution in [0.4, 0.5) is 4.39 Å². The van der Waals surface area contributed by atoms with Gasteiger partial charge in [0.2, 0.25) is 0 Å². The quantitative estimate of drug-likeness (QED) is 0.889. The summed E-state index contributed by atoms with van der Waals surface area (Å²) in [5, 5.41) is 4.33. The van der Waals surface area contributed by atoms with Gasteiger partial charge in [-0.15, -0.1) is 0 Å². The molecule has 1 saturated heterocycles. The number of hydrogen-bond acceptors (Lipinski definition) is 2. The van der Waals surface area contributed by atoms with E-state index in [1.165, 1.54) is 37.8 Å². The van der Waals surface area contributed by atoms with Crippen LogP contribution in [-0.2, 0) is 6.54 Å². The Morgan fingerprint density at radius 2 is 2.14 bits per heavy atom. The van der Waals surface area contributed by atoms with E-state index in [0.29, 0.717) is 11.1 Å². The molecule has 1 spiro atoms. The van der Waals surface area contributed by atoms with E-state index in [9.17, 15) is 4.39 Å². The van der Waals surface area contributed by atoms with Crippen molar-refractivity contribution in [2.24, 2.45) is 0 Å². The summed E-state index contributed by atoms with van der Waals surface area (Å²) in [7, 11) is 0. The zero-order valence-corrected chi connectivity index (χ0v) is 13.4. The Morgan fingerprint density at radius 3 is 2.86 bits per heavy atom. The third kappa shape index (κ3) is 3.41. The molecule has 2 aliphatic rings. The molecule has 1 saturated carbocycles. The number of benzene rings is 1. The predicted octanol–water partition coefficient (Wildman–Crippen LogP) is 3.98. The second-order valence-corrected chi connectivity index (χ2v) is 7.10. The molecule has 4 heteroatoms. The van der Waals surface area contributed by atoms with Crippen molar-refractivity contribution in [3.8, 4) is 0 Å². The van der Waals surface area contributed by atoms with E-state index in [-0.39, 0.29) is 11.4 Å². The van der Waals surface area contributed by atoms with E-state index in [1.807, 2.05) is 6.07 Å². The highest BCUT2D eigenvalue weighted by Gasteiger charge is 2.38. The van der Waals surface area contributed by atoms with Crippen molar-refractivity contribution in [2.75, 3.05) is 13.1 Å². The smallest absolute Gasteiger partial charge is 0.124 e. The molecule has 2 nitrogen and oxygen atoms in total. The molecule has 1 N–H and O–H groups in total. The lowest BCUT2D eigenvalue weighted by Gasteiger charge is -2.35. The molecule has 1 aromatic carbocycles. The Balaban J connectivity index is 1.77. The van der Waals surface area contributed by atoms with Gasteiger partial charge in [0.25, 0.3) is 0 Å². The zero-order valence-electron chi connectivity index (χ0n) is 12.7. The fraction of sp³-hybridized carbons (Fsp3) is 0.647. The Hall–Kier alpha value is -0.640. The van der Waals surface area contributed by atoms with E-state index in [2.05, 4.69) is 17.1 Å². The maximum absolute atomic E-state index is 13.2. The highest BCUT2D eigenvalue weighted by atomic mass is 35.5. The highest BCUT2D eigenvalue weighted by molar-refractivity contribution is 6.31. The lowest BCUT2D eigenvalue weighted by Crippen LogP contribution is -2.50. The molecule has 1 aliphatic carbocycles. The maximum atomic E-state index is 13.2. The number of nitrogens with one attached hydrogen (secondary N) is 1. The van der Waals surface area contributed by atoms with Crippen molar-refractivity contribution in [3.63, 3.8) is 0 Å². The minimum atomic E-state index is -0.262. The summed E-state index contributed by atoms with van der Waals surface area (Å²) in [4.78, 5) is 2.52. The summed E-state index contributed by atoms with van der Waals surface area (Å²) in [5.41, 5.74) is 1.32. The van der Waals surface area contributed by atoms with Crippen LogP contribution in [0.25, 0.3) is 0 Å². The average molecular weight is 311 g/mol. The lowest BCUT2D eigenvalue weighted by molar-refractivity contribution is 0.160. The first kappa shape index (κ1) is 15.3. The van der Waals surface area contributed by atoms with Gasteiger partial charge in [-0.3, -0.25) is 4.90 Å². The summed E-state index contributed by atoms with van der Waals surface area (Å²) >= 11 is 6.21. The van der Waals surface area contributed by atoms with Crippen LogP contribution >= 0.6 is 11.6 Å². The van der Waals surface area contributed by atoms with Gasteiger partial charge in [-0.1, -0.05) is 30.5 Å². The van der Waals surface area contributed by atoms with Crippen LogP contribution in [0.3, 0.4) is 0 Å². The first-order valence-corrected chi connectivity index (χ1v) is 8.39. The van der Waals surface area contributed by atoms with Crippen LogP contribution in [-0.4, -0.2) is 29.6 Å². The van der Waals surface area contributed by atoms with Gasteiger partial charge in [0.15, 0.2) is 0 Å². The molecule has 2 fully saturated rings. The van der Waals surface area contributed by atoms with Gasteiger partial charge in [-0.25, -0.2) is 4.39 Å². The summed E-state index contributed by atoms with van der Waals surface area (Å²) in [6.45, 7) is 5.26. The van der Waals surface area contributed by atoms with E-state index in [0.717, 1.165) is 31.6 Å². The van der Waals surface area contributed by atoms with Gasteiger partial charge in [0.1, 0.15) is 5.82 Å². The van der Waals surface area contributed by atoms with Crippen LogP contribution in [0, 0.1) is 5.82 Å². The topological polar surface area (TPSA) is 15.3 Å². The second-order valence-electron chi connectivity index (χ2n) is 6.69. The largest absolute Gasteiger partial charge is 0.310 e. The lowest BCUT2D eigenvalue weighted by atomic mass is 9.96. The van der Waals surface area contributed by atoms with Gasteiger partial charge in [-0.05, 0) is 50.4 Å². The fourth-order valence-corrected chi connectivity index (χ4v) is 4.02. The van der Waals surface area contributed by atoms with Crippen molar-refractivity contribution in [1.29, 1.82) is 0 Å². The third-order valence-corrected chi connectivity index (χ3v) is 5.49. The Kier molecular flexibility index (Phi) is 4.53. The number of nitrogens with zero attached hydrogens (tertiary/aromatic N) is 1. The number of hydrogen-bond donors (Lipinski definition) is 1. The average Bonchev–Trinajstić information content (AvgIpc) is 2.83. The molecular weight excluding hydrogens is 287 g/mol. The Morgan fingerprint density at radius 1 is 1.38 bits per heavy atom. The zero-order chi connectivity index (χ0) is 14.9. The van der Waals surface area contributed by atoms with Crippen molar-refractivity contribution in [2.45, 2.75) is 57.2 Å². The first-order valence-electron chi connectivity index (χ1n) is 8.01. The highest BCUT2D eigenvalue weighted by Crippen LogP contribution is 2.33. The van der Waals surface area contributed by atoms with E-state index in [1.54, 1.807) is 0 Å². The van der Waals surface area contributed by atoms with Crippen LogP contribution in [0.1, 0.15) is 44.6 Å². The molecule has 3 rings (SSSR count). The minimum absolute atomic E-state index is 0.262. The minimum Gasteiger partial charge on any atom is -0.310 e. The molecule has 1 heterocycles. The fourth-order valence-electron chi connectivity index (χ4n) is 3.80. The maximum Gasteiger partial charge on any atom is 0.124 e. The molecule has 1 aromatic rings. The Labute approximate surface area is 131 Å². The normalized spacial score (nSPS) is 26.1. The summed E-state index contributed by atoms with van der Waals surface area (Å²) < 4.78 is 13.2. The van der Waals surface area contributed by atoms with Crippen molar-refractivity contribution in [3.05, 3.63) is 34.6 Å².